The molecule has 0 unspecified atom stereocenters. The standard InChI is InChI=1S/C44H87N2/c1-4-7-10-13-15-17-19-21-22-23-24-26-28-30-32-35-38-41-46-43-42-45(40-37-34-12-9-6-3)44(46)39-36-33-31-29-27-25-20-18-16-14-11-8-5-2/h42-43H,4-41H2,1-3H3/q+1. The number of rotatable bonds is 38. The van der Waals surface area contributed by atoms with Crippen LogP contribution in [0.15, 0.2) is 12.4 Å². The summed E-state index contributed by atoms with van der Waals surface area (Å²) in [5.41, 5.74) is 0. The monoisotopic (exact) mass is 644 g/mol. The Morgan fingerprint density at radius 2 is 0.674 bits per heavy atom. The van der Waals surface area contributed by atoms with Crippen molar-refractivity contribution in [3.05, 3.63) is 18.2 Å². The van der Waals surface area contributed by atoms with Gasteiger partial charge < -0.3 is 0 Å². The molecule has 46 heavy (non-hydrogen) atoms. The van der Waals surface area contributed by atoms with Gasteiger partial charge in [0.1, 0.15) is 12.4 Å². The number of unbranched alkanes of at least 4 members (excludes halogenated alkanes) is 32. The van der Waals surface area contributed by atoms with Crippen LogP contribution in [0.1, 0.15) is 251 Å². The molecule has 0 bridgehead atoms. The molecule has 1 aromatic rings. The second kappa shape index (κ2) is 35.5. The Hall–Kier alpha value is -0.790. The van der Waals surface area contributed by atoms with Crippen LogP contribution in [0.3, 0.4) is 0 Å². The Balaban J connectivity index is 2.16. The van der Waals surface area contributed by atoms with Gasteiger partial charge in [-0.2, -0.15) is 0 Å². The van der Waals surface area contributed by atoms with Gasteiger partial charge in [-0.25, -0.2) is 9.13 Å². The van der Waals surface area contributed by atoms with Crippen molar-refractivity contribution in [2.24, 2.45) is 0 Å². The summed E-state index contributed by atoms with van der Waals surface area (Å²) in [6.07, 6.45) is 56.4. The predicted molar refractivity (Wildman–Crippen MR) is 207 cm³/mol. The molecule has 2 heteroatoms. The molecule has 272 valence electrons. The van der Waals surface area contributed by atoms with Crippen molar-refractivity contribution in [3.8, 4) is 0 Å². The maximum Gasteiger partial charge on any atom is 0.256 e. The highest BCUT2D eigenvalue weighted by atomic mass is 15.1. The summed E-state index contributed by atoms with van der Waals surface area (Å²) in [5.74, 6) is 1.62. The molecule has 1 aromatic heterocycles. The summed E-state index contributed by atoms with van der Waals surface area (Å²) < 4.78 is 5.26. The molecule has 0 saturated heterocycles. The van der Waals surface area contributed by atoms with Crippen LogP contribution in [0.5, 0.6) is 0 Å². The third kappa shape index (κ3) is 27.2. The van der Waals surface area contributed by atoms with E-state index in [9.17, 15) is 0 Å². The Bertz CT molecular complexity index is 707. The second-order valence-electron chi connectivity index (χ2n) is 15.2. The molecule has 1 heterocycles. The lowest BCUT2D eigenvalue weighted by atomic mass is 10.0. The summed E-state index contributed by atoms with van der Waals surface area (Å²) in [6, 6.07) is 0. The van der Waals surface area contributed by atoms with Gasteiger partial charge in [0, 0.05) is 6.42 Å². The van der Waals surface area contributed by atoms with Gasteiger partial charge in [0.25, 0.3) is 5.82 Å². The van der Waals surface area contributed by atoms with E-state index < -0.39 is 0 Å². The molecule has 0 aliphatic rings. The lowest BCUT2D eigenvalue weighted by Gasteiger charge is -2.07. The van der Waals surface area contributed by atoms with E-state index in [0.29, 0.717) is 0 Å². The zero-order valence-corrected chi connectivity index (χ0v) is 32.4. The minimum absolute atomic E-state index is 1.23. The van der Waals surface area contributed by atoms with E-state index in [1.807, 2.05) is 0 Å². The first-order valence-electron chi connectivity index (χ1n) is 21.9. The normalized spacial score (nSPS) is 11.6. The number of nitrogens with zero attached hydrogens (tertiary/aromatic N) is 2. The molecular formula is C44H87N2+. The molecule has 0 spiro atoms. The van der Waals surface area contributed by atoms with Gasteiger partial charge in [-0.3, -0.25) is 0 Å². The van der Waals surface area contributed by atoms with Crippen molar-refractivity contribution in [1.82, 2.24) is 4.57 Å². The summed E-state index contributed by atoms with van der Waals surface area (Å²) in [5, 5.41) is 0. The fourth-order valence-electron chi connectivity index (χ4n) is 7.39. The van der Waals surface area contributed by atoms with E-state index >= 15 is 0 Å². The highest BCUT2D eigenvalue weighted by molar-refractivity contribution is 4.84. The van der Waals surface area contributed by atoms with E-state index in [1.54, 1.807) is 5.82 Å². The van der Waals surface area contributed by atoms with Gasteiger partial charge in [0.2, 0.25) is 0 Å². The molecule has 0 aliphatic heterocycles. The highest BCUT2D eigenvalue weighted by Gasteiger charge is 2.16. The largest absolute Gasteiger partial charge is 0.256 e. The van der Waals surface area contributed by atoms with E-state index in [-0.39, 0.29) is 0 Å². The molecular weight excluding hydrogens is 556 g/mol. The van der Waals surface area contributed by atoms with E-state index in [4.69, 9.17) is 0 Å². The second-order valence-corrected chi connectivity index (χ2v) is 15.2. The van der Waals surface area contributed by atoms with E-state index in [0.717, 1.165) is 0 Å². The topological polar surface area (TPSA) is 8.81 Å². The van der Waals surface area contributed by atoms with Gasteiger partial charge in [-0.15, -0.1) is 0 Å². The van der Waals surface area contributed by atoms with Gasteiger partial charge in [0.15, 0.2) is 0 Å². The number of hydrogen-bond donors (Lipinski definition) is 0. The third-order valence-corrected chi connectivity index (χ3v) is 10.6. The molecule has 0 fully saturated rings. The molecule has 0 aliphatic carbocycles. The van der Waals surface area contributed by atoms with Crippen LogP contribution in [0.2, 0.25) is 0 Å². The molecule has 0 amide bonds. The van der Waals surface area contributed by atoms with Crippen LogP contribution in [0.4, 0.5) is 0 Å². The van der Waals surface area contributed by atoms with E-state index in [2.05, 4.69) is 42.3 Å². The van der Waals surface area contributed by atoms with Crippen molar-refractivity contribution >= 4 is 0 Å². The fraction of sp³-hybridized carbons (Fsp3) is 0.932. The minimum Gasteiger partial charge on any atom is -0.234 e. The maximum atomic E-state index is 2.64. The van der Waals surface area contributed by atoms with Crippen LogP contribution in [0.25, 0.3) is 0 Å². The highest BCUT2D eigenvalue weighted by Crippen LogP contribution is 2.16. The Morgan fingerprint density at radius 3 is 1.04 bits per heavy atom. The number of imidazole rings is 1. The number of aryl methyl sites for hydroxylation is 2. The fourth-order valence-corrected chi connectivity index (χ4v) is 7.39. The molecule has 0 aromatic carbocycles. The first kappa shape index (κ1) is 43.2. The Labute approximate surface area is 291 Å². The third-order valence-electron chi connectivity index (χ3n) is 10.6. The number of aromatic nitrogens is 2. The Morgan fingerprint density at radius 1 is 0.370 bits per heavy atom. The zero-order chi connectivity index (χ0) is 33.0. The van der Waals surface area contributed by atoms with Crippen LogP contribution >= 0.6 is 0 Å². The van der Waals surface area contributed by atoms with Gasteiger partial charge in [0.05, 0.1) is 13.1 Å². The van der Waals surface area contributed by atoms with Crippen LogP contribution < -0.4 is 4.57 Å². The van der Waals surface area contributed by atoms with Crippen LogP contribution in [0, 0.1) is 0 Å². The molecule has 0 N–H and O–H groups in total. The summed E-state index contributed by atoms with van der Waals surface area (Å²) in [7, 11) is 0. The van der Waals surface area contributed by atoms with Crippen molar-refractivity contribution in [2.45, 2.75) is 265 Å². The first-order chi connectivity index (χ1) is 22.8. The maximum absolute atomic E-state index is 2.64. The zero-order valence-electron chi connectivity index (χ0n) is 32.4. The summed E-state index contributed by atoms with van der Waals surface area (Å²) >= 11 is 0. The minimum atomic E-state index is 1.23. The summed E-state index contributed by atoms with van der Waals surface area (Å²) in [4.78, 5) is 0. The SMILES string of the molecule is CCCCCCCCCCCCCCCCCCCn1cc[n+](CCCCCCC)c1CCCCCCCCCCCCCCC. The average Bonchev–Trinajstić information content (AvgIpc) is 3.45. The summed E-state index contributed by atoms with van der Waals surface area (Å²) in [6.45, 7) is 9.40. The van der Waals surface area contributed by atoms with Crippen molar-refractivity contribution in [1.29, 1.82) is 0 Å². The van der Waals surface area contributed by atoms with Crippen molar-refractivity contribution in [3.63, 3.8) is 0 Å². The van der Waals surface area contributed by atoms with Crippen LogP contribution in [-0.4, -0.2) is 4.57 Å². The molecule has 0 saturated carbocycles. The molecule has 0 atom stereocenters. The lowest BCUT2D eigenvalue weighted by molar-refractivity contribution is -0.704. The number of hydrogen-bond acceptors (Lipinski definition) is 0. The molecule has 1 rings (SSSR count). The smallest absolute Gasteiger partial charge is 0.234 e. The average molecular weight is 644 g/mol. The Kier molecular flexibility index (Phi) is 33.4. The first-order valence-corrected chi connectivity index (χ1v) is 21.9. The van der Waals surface area contributed by atoms with Gasteiger partial charge >= 0.3 is 0 Å². The quantitative estimate of drug-likeness (QED) is 0.0501. The van der Waals surface area contributed by atoms with Crippen molar-refractivity contribution < 1.29 is 4.57 Å². The van der Waals surface area contributed by atoms with Gasteiger partial charge in [-0.1, -0.05) is 213 Å². The van der Waals surface area contributed by atoms with E-state index in [1.165, 1.54) is 244 Å². The van der Waals surface area contributed by atoms with Crippen LogP contribution in [-0.2, 0) is 19.5 Å². The predicted octanol–water partition coefficient (Wildman–Crippen LogP) is 15.0. The lowest BCUT2D eigenvalue weighted by Crippen LogP contribution is -2.37. The molecule has 2 nitrogen and oxygen atoms in total. The van der Waals surface area contributed by atoms with Gasteiger partial charge in [-0.05, 0) is 32.1 Å². The van der Waals surface area contributed by atoms with Crippen molar-refractivity contribution in [2.75, 3.05) is 0 Å². The molecule has 0 radical (unpaired) electrons.